The lowest BCUT2D eigenvalue weighted by atomic mass is 10.3. The molecule has 3 N–H and O–H groups in total. The molecular weight excluding hydrogens is 284 g/mol. The SMILES string of the molecule is CN(Cc1ccc(Cl)s1)c1ccc(/C(N)=N/O)nc1. The van der Waals surface area contributed by atoms with E-state index in [9.17, 15) is 0 Å². The number of amidine groups is 1. The number of rotatable bonds is 4. The summed E-state index contributed by atoms with van der Waals surface area (Å²) in [5.74, 6) is -0.000702. The molecule has 2 heterocycles. The molecule has 0 fully saturated rings. The van der Waals surface area contributed by atoms with Crippen LogP contribution in [0.5, 0.6) is 0 Å². The van der Waals surface area contributed by atoms with Gasteiger partial charge in [-0.15, -0.1) is 11.3 Å². The van der Waals surface area contributed by atoms with E-state index in [1.807, 2.05) is 30.1 Å². The van der Waals surface area contributed by atoms with Crippen molar-refractivity contribution in [1.82, 2.24) is 4.98 Å². The summed E-state index contributed by atoms with van der Waals surface area (Å²) >= 11 is 7.45. The van der Waals surface area contributed by atoms with Crippen molar-refractivity contribution in [2.45, 2.75) is 6.54 Å². The predicted molar refractivity (Wildman–Crippen MR) is 78.2 cm³/mol. The maximum atomic E-state index is 8.57. The van der Waals surface area contributed by atoms with Gasteiger partial charge in [0.25, 0.3) is 0 Å². The second kappa shape index (κ2) is 5.90. The summed E-state index contributed by atoms with van der Waals surface area (Å²) in [5.41, 5.74) is 6.84. The minimum Gasteiger partial charge on any atom is -0.409 e. The van der Waals surface area contributed by atoms with Crippen LogP contribution in [-0.4, -0.2) is 23.1 Å². The number of anilines is 1. The van der Waals surface area contributed by atoms with Crippen LogP contribution in [0, 0.1) is 0 Å². The van der Waals surface area contributed by atoms with Crippen molar-refractivity contribution in [1.29, 1.82) is 0 Å². The Labute approximate surface area is 119 Å². The van der Waals surface area contributed by atoms with Crippen LogP contribution in [0.2, 0.25) is 4.34 Å². The smallest absolute Gasteiger partial charge is 0.188 e. The zero-order valence-electron chi connectivity index (χ0n) is 10.2. The van der Waals surface area contributed by atoms with Crippen molar-refractivity contribution in [3.63, 3.8) is 0 Å². The van der Waals surface area contributed by atoms with Gasteiger partial charge in [0.1, 0.15) is 5.69 Å². The van der Waals surface area contributed by atoms with Gasteiger partial charge in [-0.2, -0.15) is 0 Å². The molecule has 2 aromatic heterocycles. The molecular formula is C12H13ClN4OS. The van der Waals surface area contributed by atoms with Gasteiger partial charge in [-0.05, 0) is 24.3 Å². The van der Waals surface area contributed by atoms with Gasteiger partial charge >= 0.3 is 0 Å². The maximum absolute atomic E-state index is 8.57. The van der Waals surface area contributed by atoms with Gasteiger partial charge in [-0.25, -0.2) is 0 Å². The molecule has 0 bridgehead atoms. The van der Waals surface area contributed by atoms with Crippen LogP contribution in [-0.2, 0) is 6.54 Å². The van der Waals surface area contributed by atoms with E-state index >= 15 is 0 Å². The van der Waals surface area contributed by atoms with Gasteiger partial charge in [0.15, 0.2) is 5.84 Å². The summed E-state index contributed by atoms with van der Waals surface area (Å²) in [6, 6.07) is 7.47. The van der Waals surface area contributed by atoms with Gasteiger partial charge < -0.3 is 15.8 Å². The zero-order valence-corrected chi connectivity index (χ0v) is 11.8. The fraction of sp³-hybridized carbons (Fsp3) is 0.167. The van der Waals surface area contributed by atoms with Crippen molar-refractivity contribution < 1.29 is 5.21 Å². The van der Waals surface area contributed by atoms with Crippen LogP contribution in [0.3, 0.4) is 0 Å². The van der Waals surface area contributed by atoms with Crippen molar-refractivity contribution in [2.75, 3.05) is 11.9 Å². The molecule has 0 aliphatic rings. The lowest BCUT2D eigenvalue weighted by Gasteiger charge is -2.18. The molecule has 0 atom stereocenters. The molecule has 0 radical (unpaired) electrons. The Morgan fingerprint density at radius 1 is 1.47 bits per heavy atom. The van der Waals surface area contributed by atoms with E-state index in [-0.39, 0.29) is 5.84 Å². The van der Waals surface area contributed by atoms with E-state index in [1.165, 1.54) is 4.88 Å². The second-order valence-corrected chi connectivity index (χ2v) is 5.75. The van der Waals surface area contributed by atoms with E-state index in [0.29, 0.717) is 5.69 Å². The van der Waals surface area contributed by atoms with E-state index < -0.39 is 0 Å². The van der Waals surface area contributed by atoms with E-state index in [1.54, 1.807) is 23.6 Å². The van der Waals surface area contributed by atoms with Crippen molar-refractivity contribution in [3.05, 3.63) is 45.4 Å². The van der Waals surface area contributed by atoms with Crippen molar-refractivity contribution in [2.24, 2.45) is 10.9 Å². The Morgan fingerprint density at radius 2 is 2.26 bits per heavy atom. The first-order chi connectivity index (χ1) is 9.10. The molecule has 2 rings (SSSR count). The molecule has 100 valence electrons. The third kappa shape index (κ3) is 3.36. The highest BCUT2D eigenvalue weighted by atomic mass is 35.5. The monoisotopic (exact) mass is 296 g/mol. The fourth-order valence-corrected chi connectivity index (χ4v) is 2.72. The highest BCUT2D eigenvalue weighted by Gasteiger charge is 2.06. The molecule has 19 heavy (non-hydrogen) atoms. The summed E-state index contributed by atoms with van der Waals surface area (Å²) in [7, 11) is 1.97. The number of nitrogens with two attached hydrogens (primary N) is 1. The van der Waals surface area contributed by atoms with Gasteiger partial charge in [0, 0.05) is 11.9 Å². The average Bonchev–Trinajstić information content (AvgIpc) is 2.83. The maximum Gasteiger partial charge on any atom is 0.188 e. The van der Waals surface area contributed by atoms with Crippen LogP contribution >= 0.6 is 22.9 Å². The Morgan fingerprint density at radius 3 is 2.79 bits per heavy atom. The lowest BCUT2D eigenvalue weighted by molar-refractivity contribution is 0.318. The molecule has 0 spiro atoms. The predicted octanol–water partition coefficient (Wildman–Crippen LogP) is 2.53. The summed E-state index contributed by atoms with van der Waals surface area (Å²) in [4.78, 5) is 7.36. The zero-order chi connectivity index (χ0) is 13.8. The van der Waals surface area contributed by atoms with Gasteiger partial charge in [-0.3, -0.25) is 4.98 Å². The number of aromatic nitrogens is 1. The fourth-order valence-electron chi connectivity index (χ4n) is 1.58. The Bertz CT molecular complexity index is 582. The van der Waals surface area contributed by atoms with Crippen LogP contribution in [0.4, 0.5) is 5.69 Å². The van der Waals surface area contributed by atoms with Crippen LogP contribution < -0.4 is 10.6 Å². The number of pyridine rings is 1. The Hall–Kier alpha value is -1.79. The van der Waals surface area contributed by atoms with E-state index in [4.69, 9.17) is 22.5 Å². The molecule has 0 aliphatic carbocycles. The summed E-state index contributed by atoms with van der Waals surface area (Å²) in [5, 5.41) is 11.5. The first kappa shape index (κ1) is 13.6. The van der Waals surface area contributed by atoms with Crippen molar-refractivity contribution >= 4 is 34.5 Å². The van der Waals surface area contributed by atoms with Crippen molar-refractivity contribution in [3.8, 4) is 0 Å². The molecule has 0 aliphatic heterocycles. The number of hydrogen-bond acceptors (Lipinski definition) is 5. The van der Waals surface area contributed by atoms with Gasteiger partial charge in [0.05, 0.1) is 22.8 Å². The highest BCUT2D eigenvalue weighted by molar-refractivity contribution is 7.16. The minimum absolute atomic E-state index is 0.000702. The molecule has 0 saturated heterocycles. The number of thiophene rings is 1. The molecule has 5 nitrogen and oxygen atoms in total. The summed E-state index contributed by atoms with van der Waals surface area (Å²) in [6.45, 7) is 0.752. The molecule has 0 aromatic carbocycles. The second-order valence-electron chi connectivity index (χ2n) is 3.95. The molecule has 0 saturated carbocycles. The normalized spacial score (nSPS) is 11.6. The van der Waals surface area contributed by atoms with Gasteiger partial charge in [0.2, 0.25) is 0 Å². The highest BCUT2D eigenvalue weighted by Crippen LogP contribution is 2.24. The van der Waals surface area contributed by atoms with Crippen LogP contribution in [0.25, 0.3) is 0 Å². The quantitative estimate of drug-likeness (QED) is 0.393. The first-order valence-electron chi connectivity index (χ1n) is 5.49. The molecule has 2 aromatic rings. The van der Waals surface area contributed by atoms with E-state index in [0.717, 1.165) is 16.6 Å². The molecule has 0 unspecified atom stereocenters. The third-order valence-corrected chi connectivity index (χ3v) is 3.80. The molecule has 0 amide bonds. The third-order valence-electron chi connectivity index (χ3n) is 2.58. The summed E-state index contributed by atoms with van der Waals surface area (Å²) < 4.78 is 0.781. The number of nitrogens with zero attached hydrogens (tertiary/aromatic N) is 3. The average molecular weight is 297 g/mol. The lowest BCUT2D eigenvalue weighted by Crippen LogP contribution is -2.18. The molecule has 7 heteroatoms. The summed E-state index contributed by atoms with van der Waals surface area (Å²) in [6.07, 6.45) is 1.68. The van der Waals surface area contributed by atoms with Gasteiger partial charge in [-0.1, -0.05) is 16.8 Å². The first-order valence-corrected chi connectivity index (χ1v) is 6.69. The largest absolute Gasteiger partial charge is 0.409 e. The standard InChI is InChI=1S/C12H13ClN4OS/c1-17(7-9-3-5-11(13)19-9)8-2-4-10(15-6-8)12(14)16-18/h2-6,18H,7H2,1H3,(H2,14,16). The minimum atomic E-state index is -0.000702. The number of halogens is 1. The van der Waals surface area contributed by atoms with Crippen LogP contribution in [0.15, 0.2) is 35.6 Å². The van der Waals surface area contributed by atoms with Crippen LogP contribution in [0.1, 0.15) is 10.6 Å². The Kier molecular flexibility index (Phi) is 4.24. The topological polar surface area (TPSA) is 74.7 Å². The Balaban J connectivity index is 2.09. The van der Waals surface area contributed by atoms with E-state index in [2.05, 4.69) is 10.1 Å². The number of hydrogen-bond donors (Lipinski definition) is 2. The number of oxime groups is 1.